The van der Waals surface area contributed by atoms with Gasteiger partial charge in [-0.05, 0) is 34.4 Å². The van der Waals surface area contributed by atoms with Crippen molar-refractivity contribution < 1.29 is 13.0 Å². The molecule has 0 aliphatic rings. The van der Waals surface area contributed by atoms with E-state index >= 15 is 0 Å². The molecule has 3 rings (SSSR count). The fourth-order valence-electron chi connectivity index (χ4n) is 2.54. The zero-order valence-electron chi connectivity index (χ0n) is 11.2. The first-order chi connectivity index (χ1) is 10.1. The molecule has 0 fully saturated rings. The molecule has 0 aromatic heterocycles. The molecule has 0 aliphatic carbocycles. The molecule has 3 aromatic carbocycles. The Morgan fingerprint density at radius 1 is 0.810 bits per heavy atom. The average Bonchev–Trinajstić information content (AvgIpc) is 2.47. The molecule has 0 radical (unpaired) electrons. The molecule has 0 spiro atoms. The molecule has 0 atom stereocenters. The van der Waals surface area contributed by atoms with Crippen molar-refractivity contribution in [3.63, 3.8) is 0 Å². The highest BCUT2D eigenvalue weighted by Gasteiger charge is 2.17. The van der Waals surface area contributed by atoms with Gasteiger partial charge in [0.25, 0.3) is 10.1 Å². The second-order valence-corrected chi connectivity index (χ2v) is 6.29. The minimum absolute atomic E-state index is 0.0231. The van der Waals surface area contributed by atoms with E-state index < -0.39 is 10.1 Å². The van der Waals surface area contributed by atoms with Gasteiger partial charge in [-0.15, -0.1) is 0 Å². The molecule has 3 nitrogen and oxygen atoms in total. The third-order valence-corrected chi connectivity index (χ3v) is 4.44. The minimum Gasteiger partial charge on any atom is -0.282 e. The lowest BCUT2D eigenvalue weighted by molar-refractivity contribution is 0.482. The zero-order chi connectivity index (χ0) is 14.9. The Morgan fingerprint density at radius 3 is 2.19 bits per heavy atom. The first-order valence-electron chi connectivity index (χ1n) is 6.58. The van der Waals surface area contributed by atoms with E-state index in [1.54, 1.807) is 6.07 Å². The highest BCUT2D eigenvalue weighted by atomic mass is 32.2. The van der Waals surface area contributed by atoms with E-state index in [2.05, 4.69) is 0 Å². The van der Waals surface area contributed by atoms with Crippen LogP contribution in [0.1, 0.15) is 11.1 Å². The molecule has 21 heavy (non-hydrogen) atoms. The van der Waals surface area contributed by atoms with E-state index in [1.807, 2.05) is 54.6 Å². The van der Waals surface area contributed by atoms with Crippen molar-refractivity contribution in [2.75, 3.05) is 0 Å². The van der Waals surface area contributed by atoms with Crippen molar-refractivity contribution >= 4 is 20.9 Å². The highest BCUT2D eigenvalue weighted by Crippen LogP contribution is 2.28. The van der Waals surface area contributed by atoms with Crippen molar-refractivity contribution in [2.24, 2.45) is 0 Å². The minimum atomic E-state index is -4.25. The third-order valence-electron chi connectivity index (χ3n) is 3.50. The molecule has 106 valence electrons. The molecule has 0 saturated heterocycles. The Hall–Kier alpha value is -2.17. The van der Waals surface area contributed by atoms with E-state index in [9.17, 15) is 13.0 Å². The largest absolute Gasteiger partial charge is 0.294 e. The van der Waals surface area contributed by atoms with Crippen LogP contribution in [0.5, 0.6) is 0 Å². The molecule has 0 aliphatic heterocycles. The van der Waals surface area contributed by atoms with Crippen LogP contribution in [0, 0.1) is 0 Å². The zero-order valence-corrected chi connectivity index (χ0v) is 12.0. The summed E-state index contributed by atoms with van der Waals surface area (Å²) in [5.41, 5.74) is 1.63. The number of rotatable bonds is 3. The van der Waals surface area contributed by atoms with Crippen LogP contribution in [0.15, 0.2) is 71.6 Å². The standard InChI is InChI=1S/C17H14O3S/c18-21(19,20)17-11-10-14-8-4-5-9-15(14)16(17)12-13-6-2-1-3-7-13/h1-11H,12H2,(H,18,19,20). The molecule has 1 N–H and O–H groups in total. The Bertz CT molecular complexity index is 884. The van der Waals surface area contributed by atoms with Crippen LogP contribution in [0.3, 0.4) is 0 Å². The number of hydrogen-bond acceptors (Lipinski definition) is 2. The summed E-state index contributed by atoms with van der Waals surface area (Å²) in [4.78, 5) is -0.0231. The summed E-state index contributed by atoms with van der Waals surface area (Å²) in [6, 6.07) is 20.4. The summed E-state index contributed by atoms with van der Waals surface area (Å²) in [7, 11) is -4.25. The summed E-state index contributed by atoms with van der Waals surface area (Å²) in [6.45, 7) is 0. The topological polar surface area (TPSA) is 54.4 Å². The highest BCUT2D eigenvalue weighted by molar-refractivity contribution is 7.85. The molecule has 0 bridgehead atoms. The van der Waals surface area contributed by atoms with Crippen LogP contribution in [-0.4, -0.2) is 13.0 Å². The first kappa shape index (κ1) is 13.8. The SMILES string of the molecule is O=S(=O)(O)c1ccc2ccccc2c1Cc1ccccc1. The van der Waals surface area contributed by atoms with Crippen molar-refractivity contribution in [3.05, 3.63) is 77.9 Å². The molecule has 4 heteroatoms. The fraction of sp³-hybridized carbons (Fsp3) is 0.0588. The maximum atomic E-state index is 11.6. The van der Waals surface area contributed by atoms with Crippen LogP contribution in [-0.2, 0) is 16.5 Å². The van der Waals surface area contributed by atoms with Gasteiger partial charge in [-0.2, -0.15) is 8.42 Å². The summed E-state index contributed by atoms with van der Waals surface area (Å²) in [5, 5.41) is 1.80. The van der Waals surface area contributed by atoms with Gasteiger partial charge >= 0.3 is 0 Å². The van der Waals surface area contributed by atoms with Gasteiger partial charge in [0.2, 0.25) is 0 Å². The van der Waals surface area contributed by atoms with Crippen LogP contribution >= 0.6 is 0 Å². The Morgan fingerprint density at radius 2 is 1.48 bits per heavy atom. The van der Waals surface area contributed by atoms with Crippen LogP contribution in [0.2, 0.25) is 0 Å². The van der Waals surface area contributed by atoms with Gasteiger partial charge in [0.05, 0.1) is 4.90 Å². The number of benzene rings is 3. The molecule has 0 amide bonds. The second kappa shape index (κ2) is 5.31. The Labute approximate surface area is 123 Å². The Kier molecular flexibility index (Phi) is 3.49. The summed E-state index contributed by atoms with van der Waals surface area (Å²) in [6.07, 6.45) is 0.456. The predicted octanol–water partition coefficient (Wildman–Crippen LogP) is 3.68. The van der Waals surface area contributed by atoms with E-state index in [0.29, 0.717) is 12.0 Å². The fourth-order valence-corrected chi connectivity index (χ4v) is 3.27. The summed E-state index contributed by atoms with van der Waals surface area (Å²) < 4.78 is 32.8. The van der Waals surface area contributed by atoms with E-state index in [4.69, 9.17) is 0 Å². The van der Waals surface area contributed by atoms with Gasteiger partial charge in [-0.3, -0.25) is 4.55 Å². The lowest BCUT2D eigenvalue weighted by Gasteiger charge is -2.11. The van der Waals surface area contributed by atoms with Crippen molar-refractivity contribution in [2.45, 2.75) is 11.3 Å². The maximum Gasteiger partial charge on any atom is 0.294 e. The molecule has 0 unspecified atom stereocenters. The van der Waals surface area contributed by atoms with Crippen LogP contribution < -0.4 is 0 Å². The first-order valence-corrected chi connectivity index (χ1v) is 8.02. The smallest absolute Gasteiger partial charge is 0.282 e. The maximum absolute atomic E-state index is 11.6. The van der Waals surface area contributed by atoms with Gasteiger partial charge in [0, 0.05) is 0 Å². The van der Waals surface area contributed by atoms with Crippen molar-refractivity contribution in [3.8, 4) is 0 Å². The summed E-state index contributed by atoms with van der Waals surface area (Å²) >= 11 is 0. The van der Waals surface area contributed by atoms with Crippen LogP contribution in [0.4, 0.5) is 0 Å². The van der Waals surface area contributed by atoms with E-state index in [0.717, 1.165) is 16.3 Å². The van der Waals surface area contributed by atoms with Gasteiger partial charge in [-0.25, -0.2) is 0 Å². The average molecular weight is 298 g/mol. The lowest BCUT2D eigenvalue weighted by atomic mass is 9.98. The molecular weight excluding hydrogens is 284 g/mol. The van der Waals surface area contributed by atoms with E-state index in [-0.39, 0.29) is 4.90 Å². The number of fused-ring (bicyclic) bond motifs is 1. The lowest BCUT2D eigenvalue weighted by Crippen LogP contribution is -2.04. The number of hydrogen-bond donors (Lipinski definition) is 1. The third kappa shape index (κ3) is 2.82. The molecule has 3 aromatic rings. The quantitative estimate of drug-likeness (QED) is 0.750. The van der Waals surface area contributed by atoms with Gasteiger partial charge in [0.15, 0.2) is 0 Å². The van der Waals surface area contributed by atoms with Crippen molar-refractivity contribution in [1.29, 1.82) is 0 Å². The molecule has 0 heterocycles. The molecular formula is C17H14O3S. The summed E-state index contributed by atoms with van der Waals surface area (Å²) in [5.74, 6) is 0. The van der Waals surface area contributed by atoms with Gasteiger partial charge in [-0.1, -0.05) is 60.7 Å². The van der Waals surface area contributed by atoms with Gasteiger partial charge < -0.3 is 0 Å². The van der Waals surface area contributed by atoms with E-state index in [1.165, 1.54) is 6.07 Å². The second-order valence-electron chi connectivity index (χ2n) is 4.90. The van der Waals surface area contributed by atoms with Gasteiger partial charge in [0.1, 0.15) is 0 Å². The monoisotopic (exact) mass is 298 g/mol. The Balaban J connectivity index is 2.26. The predicted molar refractivity (Wildman–Crippen MR) is 83.0 cm³/mol. The van der Waals surface area contributed by atoms with Crippen LogP contribution in [0.25, 0.3) is 10.8 Å². The van der Waals surface area contributed by atoms with Crippen molar-refractivity contribution in [1.82, 2.24) is 0 Å². The normalized spacial score (nSPS) is 11.7. The molecule has 0 saturated carbocycles.